The van der Waals surface area contributed by atoms with Gasteiger partial charge in [-0.1, -0.05) is 11.6 Å². The minimum absolute atomic E-state index is 0.0541. The largest absolute Gasteiger partial charge is 0.486 e. The van der Waals surface area contributed by atoms with E-state index in [4.69, 9.17) is 21.1 Å². The number of ketones is 1. The first-order valence-electron chi connectivity index (χ1n) is 11.5. The predicted octanol–water partition coefficient (Wildman–Crippen LogP) is 5.50. The maximum atomic E-state index is 13.7. The van der Waals surface area contributed by atoms with Crippen LogP contribution in [0, 0.1) is 23.2 Å². The van der Waals surface area contributed by atoms with Gasteiger partial charge in [-0.2, -0.15) is 0 Å². The number of ether oxygens (including phenoxy) is 2. The van der Waals surface area contributed by atoms with Crippen molar-refractivity contribution in [2.75, 3.05) is 18.5 Å². The zero-order valence-electron chi connectivity index (χ0n) is 17.9. The summed E-state index contributed by atoms with van der Waals surface area (Å²) in [6.07, 6.45) is 6.73. The highest BCUT2D eigenvalue weighted by Gasteiger charge is 2.54. The van der Waals surface area contributed by atoms with Crippen LogP contribution in [0.3, 0.4) is 0 Å². The van der Waals surface area contributed by atoms with Gasteiger partial charge in [-0.25, -0.2) is 0 Å². The Hall–Kier alpha value is -2.53. The second-order valence-electron chi connectivity index (χ2n) is 10.0. The van der Waals surface area contributed by atoms with E-state index in [9.17, 15) is 9.59 Å². The van der Waals surface area contributed by atoms with Crippen LogP contribution in [0.4, 0.5) is 5.69 Å². The molecule has 1 aliphatic heterocycles. The minimum Gasteiger partial charge on any atom is -0.486 e. The molecule has 0 atom stereocenters. The molecule has 5 nitrogen and oxygen atoms in total. The van der Waals surface area contributed by atoms with E-state index in [0.29, 0.717) is 64.3 Å². The molecule has 0 saturated heterocycles. The number of hydrogen-bond acceptors (Lipinski definition) is 4. The normalized spacial score (nSPS) is 29.6. The van der Waals surface area contributed by atoms with Crippen molar-refractivity contribution in [3.05, 3.63) is 52.5 Å². The Morgan fingerprint density at radius 2 is 1.44 bits per heavy atom. The smallest absolute Gasteiger partial charge is 0.230 e. The molecular weight excluding hydrogens is 426 g/mol. The molecule has 1 N–H and O–H groups in total. The van der Waals surface area contributed by atoms with Gasteiger partial charge in [0.05, 0.1) is 16.7 Å². The van der Waals surface area contributed by atoms with Crippen LogP contribution in [-0.4, -0.2) is 24.9 Å². The van der Waals surface area contributed by atoms with Gasteiger partial charge in [0.15, 0.2) is 17.3 Å². The van der Waals surface area contributed by atoms with Crippen LogP contribution in [0.25, 0.3) is 0 Å². The summed E-state index contributed by atoms with van der Waals surface area (Å²) in [5.41, 5.74) is 1.11. The van der Waals surface area contributed by atoms with Gasteiger partial charge in [0, 0.05) is 16.7 Å². The van der Waals surface area contributed by atoms with Crippen LogP contribution in [0.5, 0.6) is 11.5 Å². The highest BCUT2D eigenvalue weighted by Crippen LogP contribution is 2.60. The predicted molar refractivity (Wildman–Crippen MR) is 122 cm³/mol. The maximum Gasteiger partial charge on any atom is 0.230 e. The first-order valence-corrected chi connectivity index (χ1v) is 11.9. The lowest BCUT2D eigenvalue weighted by Crippen LogP contribution is -2.51. The molecule has 1 amide bonds. The van der Waals surface area contributed by atoms with Crippen LogP contribution >= 0.6 is 11.6 Å². The Labute approximate surface area is 192 Å². The fourth-order valence-electron chi connectivity index (χ4n) is 6.78. The van der Waals surface area contributed by atoms with E-state index in [0.717, 1.165) is 19.3 Å². The molecule has 4 aliphatic carbocycles. The van der Waals surface area contributed by atoms with Crippen molar-refractivity contribution in [1.82, 2.24) is 0 Å². The van der Waals surface area contributed by atoms with E-state index in [2.05, 4.69) is 5.32 Å². The quantitative estimate of drug-likeness (QED) is 0.623. The number of fused-ring (bicyclic) bond motifs is 1. The van der Waals surface area contributed by atoms with Crippen molar-refractivity contribution >= 4 is 29.0 Å². The average Bonchev–Trinajstić information content (AvgIpc) is 2.78. The molecule has 0 aromatic heterocycles. The molecular formula is C26H26ClNO4. The van der Waals surface area contributed by atoms with Crippen molar-refractivity contribution in [3.63, 3.8) is 0 Å². The van der Waals surface area contributed by atoms with Crippen LogP contribution in [0.2, 0.25) is 5.02 Å². The molecule has 166 valence electrons. The number of hydrogen-bond donors (Lipinski definition) is 1. The second-order valence-corrected chi connectivity index (χ2v) is 10.5. The molecule has 6 heteroatoms. The molecule has 0 unspecified atom stereocenters. The van der Waals surface area contributed by atoms with Gasteiger partial charge >= 0.3 is 0 Å². The van der Waals surface area contributed by atoms with Crippen molar-refractivity contribution in [1.29, 1.82) is 0 Å². The van der Waals surface area contributed by atoms with E-state index < -0.39 is 0 Å². The van der Waals surface area contributed by atoms with E-state index in [-0.39, 0.29) is 17.1 Å². The lowest BCUT2D eigenvalue weighted by atomic mass is 9.49. The Bertz CT molecular complexity index is 1060. The number of halogens is 1. The summed E-state index contributed by atoms with van der Waals surface area (Å²) in [7, 11) is 0. The lowest BCUT2D eigenvalue weighted by Gasteiger charge is -2.55. The fourth-order valence-corrected chi connectivity index (χ4v) is 6.91. The van der Waals surface area contributed by atoms with Gasteiger partial charge < -0.3 is 14.8 Å². The summed E-state index contributed by atoms with van der Waals surface area (Å²) in [4.78, 5) is 27.1. The molecule has 32 heavy (non-hydrogen) atoms. The summed E-state index contributed by atoms with van der Waals surface area (Å²) in [6, 6.07) is 10.2. The van der Waals surface area contributed by atoms with Gasteiger partial charge in [-0.15, -0.1) is 0 Å². The van der Waals surface area contributed by atoms with E-state index in [1.807, 2.05) is 0 Å². The number of anilines is 1. The van der Waals surface area contributed by atoms with Gasteiger partial charge in [0.25, 0.3) is 0 Å². The molecule has 4 saturated carbocycles. The molecule has 5 aliphatic rings. The second kappa shape index (κ2) is 7.51. The van der Waals surface area contributed by atoms with Gasteiger partial charge in [0.2, 0.25) is 5.91 Å². The Morgan fingerprint density at radius 1 is 0.875 bits per heavy atom. The summed E-state index contributed by atoms with van der Waals surface area (Å²) in [6.45, 7) is 0.875. The fraction of sp³-hybridized carbons (Fsp3) is 0.462. The first-order chi connectivity index (χ1) is 15.5. The Kier molecular flexibility index (Phi) is 4.72. The molecule has 2 aromatic carbocycles. The van der Waals surface area contributed by atoms with Crippen LogP contribution in [-0.2, 0) is 4.79 Å². The molecule has 2 aromatic rings. The van der Waals surface area contributed by atoms with Crippen molar-refractivity contribution in [2.45, 2.75) is 38.5 Å². The van der Waals surface area contributed by atoms with Crippen LogP contribution < -0.4 is 14.8 Å². The number of nitrogens with one attached hydrogen (secondary N) is 1. The van der Waals surface area contributed by atoms with E-state index >= 15 is 0 Å². The third-order valence-electron chi connectivity index (χ3n) is 7.80. The Morgan fingerprint density at radius 3 is 2.03 bits per heavy atom. The molecule has 4 bridgehead atoms. The SMILES string of the molecule is O=C(c1ccc(Cl)cc1)c1cc2c(cc1NC(=O)C13CC4CC(CC(C4)C1)C3)OCCO2. The van der Waals surface area contributed by atoms with Gasteiger partial charge in [-0.05, 0) is 86.6 Å². The number of carbonyl (C=O) groups is 2. The third-order valence-corrected chi connectivity index (χ3v) is 8.05. The van der Waals surface area contributed by atoms with Crippen LogP contribution in [0.15, 0.2) is 36.4 Å². The summed E-state index contributed by atoms with van der Waals surface area (Å²) in [5, 5.41) is 3.73. The third kappa shape index (κ3) is 3.38. The number of rotatable bonds is 4. The zero-order chi connectivity index (χ0) is 21.9. The van der Waals surface area contributed by atoms with Gasteiger partial charge in [-0.3, -0.25) is 9.59 Å². The minimum atomic E-state index is -0.303. The standard InChI is InChI=1S/C26H26ClNO4/c27-19-3-1-18(2-4-19)24(29)20-10-22-23(32-6-5-31-22)11-21(20)28-25(30)26-12-15-7-16(13-26)9-17(8-15)14-26/h1-4,10-11,15-17H,5-9,12-14H2,(H,28,30). The highest BCUT2D eigenvalue weighted by molar-refractivity contribution is 6.30. The first kappa shape index (κ1) is 20.1. The summed E-state index contributed by atoms with van der Waals surface area (Å²) < 4.78 is 11.5. The summed E-state index contributed by atoms with van der Waals surface area (Å²) in [5.74, 6) is 2.97. The average molecular weight is 452 g/mol. The molecule has 0 radical (unpaired) electrons. The summed E-state index contributed by atoms with van der Waals surface area (Å²) >= 11 is 6.00. The highest BCUT2D eigenvalue weighted by atomic mass is 35.5. The maximum absolute atomic E-state index is 13.7. The Balaban J connectivity index is 1.35. The molecule has 1 heterocycles. The molecule has 7 rings (SSSR count). The molecule has 0 spiro atoms. The lowest BCUT2D eigenvalue weighted by molar-refractivity contribution is -0.140. The molecule has 4 fully saturated rings. The zero-order valence-corrected chi connectivity index (χ0v) is 18.6. The monoisotopic (exact) mass is 451 g/mol. The van der Waals surface area contributed by atoms with Crippen molar-refractivity contribution in [2.24, 2.45) is 23.2 Å². The van der Waals surface area contributed by atoms with Gasteiger partial charge in [0.1, 0.15) is 13.2 Å². The van der Waals surface area contributed by atoms with Crippen LogP contribution in [0.1, 0.15) is 54.4 Å². The topological polar surface area (TPSA) is 64.6 Å². The van der Waals surface area contributed by atoms with E-state index in [1.165, 1.54) is 19.3 Å². The van der Waals surface area contributed by atoms with E-state index in [1.54, 1.807) is 36.4 Å². The number of benzene rings is 2. The number of amides is 1. The van der Waals surface area contributed by atoms with Crippen molar-refractivity contribution < 1.29 is 19.1 Å². The van der Waals surface area contributed by atoms with Crippen molar-refractivity contribution in [3.8, 4) is 11.5 Å². The number of carbonyl (C=O) groups excluding carboxylic acids is 2.